The van der Waals surface area contributed by atoms with Crippen LogP contribution in [0, 0.1) is 0 Å². The summed E-state index contributed by atoms with van der Waals surface area (Å²) in [6.45, 7) is 0. The maximum atomic E-state index is 2.55. The van der Waals surface area contributed by atoms with Crippen molar-refractivity contribution in [1.82, 2.24) is 18.3 Å². The third-order valence-corrected chi connectivity index (χ3v) is 29.1. The molecule has 0 atom stereocenters. The van der Waals surface area contributed by atoms with Gasteiger partial charge in [0.25, 0.3) is 0 Å². The summed E-state index contributed by atoms with van der Waals surface area (Å²) in [5, 5.41) is 14.9. The fourth-order valence-electron chi connectivity index (χ4n) is 23.3. The molecule has 4 heteroatoms. The number of benzene rings is 22. The summed E-state index contributed by atoms with van der Waals surface area (Å²) in [4.78, 5) is 0. The Morgan fingerprint density at radius 2 is 0.463 bits per heavy atom. The smallest absolute Gasteiger partial charge is 0.0734 e. The van der Waals surface area contributed by atoms with Crippen LogP contribution in [0.25, 0.3) is 198 Å². The molecular weight excluding hydrogens is 1620 g/mol. The Morgan fingerprint density at radius 1 is 0.149 bits per heavy atom. The van der Waals surface area contributed by atoms with Gasteiger partial charge >= 0.3 is 0 Å². The minimum Gasteiger partial charge on any atom is -0.309 e. The van der Waals surface area contributed by atoms with Gasteiger partial charge in [0.05, 0.1) is 55.0 Å². The van der Waals surface area contributed by atoms with Gasteiger partial charge < -0.3 is 18.3 Å². The second-order valence-electron chi connectivity index (χ2n) is 36.0. The third kappa shape index (κ3) is 11.6. The van der Waals surface area contributed by atoms with Gasteiger partial charge in [-0.1, -0.05) is 400 Å². The van der Waals surface area contributed by atoms with Crippen molar-refractivity contribution in [3.63, 3.8) is 0 Å². The average molecular weight is 1700 g/mol. The van der Waals surface area contributed by atoms with Crippen LogP contribution in [0.4, 0.5) is 0 Å². The predicted molar refractivity (Wildman–Crippen MR) is 562 cm³/mol. The highest BCUT2D eigenvalue weighted by Gasteiger charge is 2.50. The molecule has 0 spiro atoms. The number of hydrogen-bond donors (Lipinski definition) is 0. The number of fused-ring (bicyclic) bond motifs is 22. The summed E-state index contributed by atoms with van der Waals surface area (Å²) in [6.07, 6.45) is 0. The minimum absolute atomic E-state index is 0.506. The van der Waals surface area contributed by atoms with Crippen LogP contribution in [0.5, 0.6) is 0 Å². The van der Waals surface area contributed by atoms with E-state index in [0.717, 1.165) is 11.4 Å². The van der Waals surface area contributed by atoms with E-state index in [0.29, 0.717) is 0 Å². The first kappa shape index (κ1) is 76.6. The molecule has 0 amide bonds. The van der Waals surface area contributed by atoms with E-state index >= 15 is 0 Å². The van der Waals surface area contributed by atoms with E-state index in [9.17, 15) is 0 Å². The van der Waals surface area contributed by atoms with Crippen molar-refractivity contribution in [2.75, 3.05) is 0 Å². The zero-order valence-corrected chi connectivity index (χ0v) is 73.3. The second kappa shape index (κ2) is 30.6. The van der Waals surface area contributed by atoms with Crippen LogP contribution in [0.3, 0.4) is 0 Å². The number of nitrogens with zero attached hydrogens (tertiary/aromatic N) is 4. The Bertz CT molecular complexity index is 9120. The number of aromatic nitrogens is 4. The molecule has 0 saturated carbocycles. The quantitative estimate of drug-likeness (QED) is 0.116. The highest BCUT2D eigenvalue weighted by atomic mass is 15.0. The van der Waals surface area contributed by atoms with Crippen molar-refractivity contribution < 1.29 is 0 Å². The summed E-state index contributed by atoms with van der Waals surface area (Å²) >= 11 is 0. The number of hydrogen-bond acceptors (Lipinski definition) is 0. The van der Waals surface area contributed by atoms with Gasteiger partial charge in [-0.05, 0) is 231 Å². The van der Waals surface area contributed by atoms with Gasteiger partial charge in [-0.3, -0.25) is 0 Å². The van der Waals surface area contributed by atoms with Crippen molar-refractivity contribution in [1.29, 1.82) is 0 Å². The molecule has 22 aromatic carbocycles. The normalized spacial score (nSPS) is 12.9. The van der Waals surface area contributed by atoms with Crippen LogP contribution in [0.15, 0.2) is 510 Å². The van der Waals surface area contributed by atoms with Crippen molar-refractivity contribution >= 4 is 109 Å². The van der Waals surface area contributed by atoms with Gasteiger partial charge in [0.15, 0.2) is 0 Å². The first-order valence-corrected chi connectivity index (χ1v) is 46.5. The lowest BCUT2D eigenvalue weighted by molar-refractivity contribution is 0.769. The molecule has 0 N–H and O–H groups in total. The Labute approximate surface area is 776 Å². The molecule has 2 aliphatic rings. The fraction of sp³-hybridized carbons (Fsp3) is 0.0154. The topological polar surface area (TPSA) is 19.7 Å². The summed E-state index contributed by atoms with van der Waals surface area (Å²) in [5.41, 5.74) is 38.2. The third-order valence-electron chi connectivity index (χ3n) is 29.1. The molecule has 2 aliphatic carbocycles. The van der Waals surface area contributed by atoms with Crippen molar-refractivity contribution in [2.45, 2.75) is 10.8 Å². The zero-order chi connectivity index (χ0) is 88.1. The molecule has 0 saturated heterocycles. The van der Waals surface area contributed by atoms with Gasteiger partial charge in [0.1, 0.15) is 0 Å². The first-order chi connectivity index (χ1) is 66.5. The molecule has 28 rings (SSSR count). The Hall–Kier alpha value is -17.4. The molecular formula is C130H84N4. The molecule has 134 heavy (non-hydrogen) atoms. The van der Waals surface area contributed by atoms with Crippen LogP contribution < -0.4 is 0 Å². The first-order valence-electron chi connectivity index (χ1n) is 46.5. The summed E-state index contributed by atoms with van der Waals surface area (Å²) < 4.78 is 9.93. The second-order valence-corrected chi connectivity index (χ2v) is 36.0. The van der Waals surface area contributed by atoms with E-state index < -0.39 is 10.8 Å². The fourth-order valence-corrected chi connectivity index (χ4v) is 23.3. The average Bonchev–Trinajstić information content (AvgIpc) is 1.52. The Morgan fingerprint density at radius 3 is 0.918 bits per heavy atom. The summed E-state index contributed by atoms with van der Waals surface area (Å²) in [7, 11) is 0. The summed E-state index contributed by atoms with van der Waals surface area (Å²) in [6, 6.07) is 189. The Kier molecular flexibility index (Phi) is 17.5. The molecule has 624 valence electrons. The minimum atomic E-state index is -0.572. The van der Waals surface area contributed by atoms with Gasteiger partial charge in [-0.15, -0.1) is 0 Å². The maximum absolute atomic E-state index is 2.55. The monoisotopic (exact) mass is 1700 g/mol. The van der Waals surface area contributed by atoms with Crippen LogP contribution in [-0.4, -0.2) is 18.3 Å². The summed E-state index contributed by atoms with van der Waals surface area (Å²) in [5.74, 6) is 0. The van der Waals surface area contributed by atoms with E-state index in [-0.39, 0.29) is 0 Å². The maximum Gasteiger partial charge on any atom is 0.0734 e. The SMILES string of the molecule is c1ccc(-c2ccc(-n3c4ccc(-c5ccc6c(c5)c5ccccc5n6-c5ccc6ccccc6c5)cc4c4ccc5c(c43)-c3ccccc3C5(c3ccccc3)c3ccccc3)cc2)cc1.c1ccc(-c2ccc(-n3c4ccc(-c5ccc6c(c5)c5ccccc5n6-c5ccc6ccccc6c5)cc4c4ccc5c(c43)C(c3ccccc3)(c3ccccc3)c3ccccc3-5)cc2)cc1. The van der Waals surface area contributed by atoms with Crippen LogP contribution in [0.1, 0.15) is 44.5 Å². The zero-order valence-electron chi connectivity index (χ0n) is 73.3. The predicted octanol–water partition coefficient (Wildman–Crippen LogP) is 33.5. The standard InChI is InChI=1S/2C65H42N2/c1-4-16-43(17-5-1)45-28-33-51(34-29-45)67-62-39-32-48(47-31-38-61-56(41-47)53-24-13-15-27-60(53)66(61)52-35-30-44-18-10-11-19-46(44)40-52)42-57(62)54-36-37-59-63(64(54)67)55-25-12-14-26-58(55)65(59,49-20-6-2-7-21-49)50-22-8-3-9-23-50;1-4-16-43(17-5-1)45-28-33-51(34-29-45)67-62-39-32-48(47-31-38-61-57(41-47)54-25-13-15-27-60(54)66(61)52-35-30-44-18-10-11-19-46(44)40-52)42-58(62)56-37-36-55-53-24-12-14-26-59(53)65(63(55)64(56)67,49-20-6-2-7-21-49)50-22-8-3-9-23-50/h2*1-42H. The van der Waals surface area contributed by atoms with Gasteiger partial charge in [0.2, 0.25) is 0 Å². The largest absolute Gasteiger partial charge is 0.309 e. The van der Waals surface area contributed by atoms with Crippen molar-refractivity contribution in [3.8, 4) is 89.5 Å². The molecule has 0 unspecified atom stereocenters. The van der Waals surface area contributed by atoms with Gasteiger partial charge in [-0.25, -0.2) is 0 Å². The molecule has 26 aromatic rings. The molecule has 0 radical (unpaired) electrons. The van der Waals surface area contributed by atoms with Crippen LogP contribution in [0.2, 0.25) is 0 Å². The lowest BCUT2D eigenvalue weighted by Crippen LogP contribution is -2.29. The van der Waals surface area contributed by atoms with Crippen LogP contribution >= 0.6 is 0 Å². The highest BCUT2D eigenvalue weighted by molar-refractivity contribution is 6.20. The molecule has 4 heterocycles. The molecule has 0 bridgehead atoms. The van der Waals surface area contributed by atoms with E-state index in [2.05, 4.69) is 528 Å². The van der Waals surface area contributed by atoms with Crippen molar-refractivity contribution in [3.05, 3.63) is 554 Å². The molecule has 0 aliphatic heterocycles. The molecule has 4 aromatic heterocycles. The molecule has 0 fully saturated rings. The number of para-hydroxylation sites is 2. The van der Waals surface area contributed by atoms with E-state index in [1.165, 1.54) is 231 Å². The van der Waals surface area contributed by atoms with Crippen molar-refractivity contribution in [2.24, 2.45) is 0 Å². The van der Waals surface area contributed by atoms with E-state index in [4.69, 9.17) is 0 Å². The lowest BCUT2D eigenvalue weighted by atomic mass is 9.67. The van der Waals surface area contributed by atoms with Crippen LogP contribution in [-0.2, 0) is 10.8 Å². The lowest BCUT2D eigenvalue weighted by Gasteiger charge is -2.34. The van der Waals surface area contributed by atoms with Gasteiger partial charge in [0, 0.05) is 77.0 Å². The molecule has 4 nitrogen and oxygen atoms in total. The van der Waals surface area contributed by atoms with E-state index in [1.807, 2.05) is 0 Å². The highest BCUT2D eigenvalue weighted by Crippen LogP contribution is 2.62. The van der Waals surface area contributed by atoms with Gasteiger partial charge in [-0.2, -0.15) is 0 Å². The number of rotatable bonds is 12. The Balaban J connectivity index is 0.000000136. The van der Waals surface area contributed by atoms with E-state index in [1.54, 1.807) is 0 Å².